The predicted molar refractivity (Wildman–Crippen MR) is 77.1 cm³/mol. The summed E-state index contributed by atoms with van der Waals surface area (Å²) in [5.41, 5.74) is 7.82. The maximum Gasteiger partial charge on any atom is 0.406 e. The fourth-order valence-corrected chi connectivity index (χ4v) is 2.15. The topological polar surface area (TPSA) is 46.3 Å². The van der Waals surface area contributed by atoms with E-state index in [0.717, 1.165) is 10.5 Å². The van der Waals surface area contributed by atoms with Gasteiger partial charge in [-0.3, -0.25) is 4.79 Å². The first kappa shape index (κ1) is 17.3. The van der Waals surface area contributed by atoms with Crippen molar-refractivity contribution >= 4 is 11.6 Å². The highest BCUT2D eigenvalue weighted by molar-refractivity contribution is 5.96. The zero-order valence-corrected chi connectivity index (χ0v) is 12.7. The molecule has 118 valence electrons. The Kier molecular flexibility index (Phi) is 5.25. The van der Waals surface area contributed by atoms with Crippen molar-refractivity contribution in [1.29, 1.82) is 0 Å². The van der Waals surface area contributed by atoms with Crippen molar-refractivity contribution in [3.8, 4) is 0 Å². The number of hydrogen-bond acceptors (Lipinski definition) is 2. The van der Waals surface area contributed by atoms with Crippen molar-refractivity contribution in [2.45, 2.75) is 33.9 Å². The number of nitrogens with two attached hydrogens (primary N) is 1. The summed E-state index contributed by atoms with van der Waals surface area (Å²) in [6, 6.07) is 3.17. The van der Waals surface area contributed by atoms with E-state index in [1.165, 1.54) is 6.07 Å². The lowest BCUT2D eigenvalue weighted by Gasteiger charge is -2.26. The summed E-state index contributed by atoms with van der Waals surface area (Å²) in [5.74, 6) is -0.690. The van der Waals surface area contributed by atoms with Crippen molar-refractivity contribution in [1.82, 2.24) is 4.90 Å². The van der Waals surface area contributed by atoms with E-state index in [-0.39, 0.29) is 18.0 Å². The highest BCUT2D eigenvalue weighted by Crippen LogP contribution is 2.23. The molecule has 0 saturated carbocycles. The van der Waals surface area contributed by atoms with Gasteiger partial charge in [0.05, 0.1) is 0 Å². The molecule has 0 aliphatic heterocycles. The summed E-state index contributed by atoms with van der Waals surface area (Å²) < 4.78 is 38.0. The average Bonchev–Trinajstić information content (AvgIpc) is 2.29. The largest absolute Gasteiger partial charge is 0.406 e. The fraction of sp³-hybridized carbons (Fsp3) is 0.533. The van der Waals surface area contributed by atoms with Crippen LogP contribution in [0.15, 0.2) is 12.1 Å². The quantitative estimate of drug-likeness (QED) is 0.865. The van der Waals surface area contributed by atoms with E-state index in [1.807, 2.05) is 0 Å². The standard InChI is InChI=1S/C15H21F3N2O/c1-9(2)7-20(8-15(16,17)18)14(21)12-6-13(19)11(4)5-10(12)3/h5-6,9H,7-8,19H2,1-4H3. The zero-order chi connectivity index (χ0) is 16.4. The highest BCUT2D eigenvalue weighted by atomic mass is 19.4. The van der Waals surface area contributed by atoms with Crippen LogP contribution in [-0.2, 0) is 0 Å². The highest BCUT2D eigenvalue weighted by Gasteiger charge is 2.34. The van der Waals surface area contributed by atoms with Gasteiger partial charge in [-0.25, -0.2) is 0 Å². The van der Waals surface area contributed by atoms with Gasteiger partial charge in [0.25, 0.3) is 5.91 Å². The fourth-order valence-electron chi connectivity index (χ4n) is 2.15. The summed E-state index contributed by atoms with van der Waals surface area (Å²) in [6.07, 6.45) is -4.42. The lowest BCUT2D eigenvalue weighted by molar-refractivity contribution is -0.141. The van der Waals surface area contributed by atoms with Crippen LogP contribution in [0.4, 0.5) is 18.9 Å². The molecule has 1 rings (SSSR count). The molecule has 0 aromatic heterocycles. The molecule has 1 aromatic rings. The number of rotatable bonds is 4. The number of aryl methyl sites for hydroxylation is 2. The summed E-state index contributed by atoms with van der Waals surface area (Å²) in [6.45, 7) is 5.82. The molecular formula is C15H21F3N2O. The molecule has 0 heterocycles. The Hall–Kier alpha value is -1.72. The first-order chi connectivity index (χ1) is 9.51. The molecule has 1 aromatic carbocycles. The van der Waals surface area contributed by atoms with Crippen molar-refractivity contribution in [2.75, 3.05) is 18.8 Å². The smallest absolute Gasteiger partial charge is 0.398 e. The molecule has 0 atom stereocenters. The van der Waals surface area contributed by atoms with Gasteiger partial charge >= 0.3 is 6.18 Å². The predicted octanol–water partition coefficient (Wildman–Crippen LogP) is 3.55. The first-order valence-electron chi connectivity index (χ1n) is 6.74. The molecule has 0 saturated heterocycles. The Morgan fingerprint density at radius 2 is 1.81 bits per heavy atom. The molecule has 0 bridgehead atoms. The minimum absolute atomic E-state index is 0.0472. The first-order valence-corrected chi connectivity index (χ1v) is 6.74. The summed E-state index contributed by atoms with van der Waals surface area (Å²) >= 11 is 0. The van der Waals surface area contributed by atoms with Gasteiger partial charge in [0.1, 0.15) is 6.54 Å². The summed E-state index contributed by atoms with van der Waals surface area (Å²) in [4.78, 5) is 13.2. The number of carbonyl (C=O) groups excluding carboxylic acids is 1. The summed E-state index contributed by atoms with van der Waals surface area (Å²) in [5, 5.41) is 0. The number of amides is 1. The van der Waals surface area contributed by atoms with Gasteiger partial charge in [-0.1, -0.05) is 19.9 Å². The van der Waals surface area contributed by atoms with E-state index < -0.39 is 18.6 Å². The van der Waals surface area contributed by atoms with E-state index in [9.17, 15) is 18.0 Å². The molecule has 2 N–H and O–H groups in total. The third-order valence-electron chi connectivity index (χ3n) is 3.09. The van der Waals surface area contributed by atoms with Crippen LogP contribution >= 0.6 is 0 Å². The molecule has 0 radical (unpaired) electrons. The van der Waals surface area contributed by atoms with Crippen LogP contribution in [0.5, 0.6) is 0 Å². The molecule has 0 aliphatic carbocycles. The maximum atomic E-state index is 12.7. The molecule has 21 heavy (non-hydrogen) atoms. The second-order valence-corrected chi connectivity index (χ2v) is 5.72. The molecule has 6 heteroatoms. The Balaban J connectivity index is 3.13. The van der Waals surface area contributed by atoms with Crippen LogP contribution in [0.2, 0.25) is 0 Å². The van der Waals surface area contributed by atoms with Crippen LogP contribution in [0.3, 0.4) is 0 Å². The molecule has 0 aliphatic rings. The van der Waals surface area contributed by atoms with Gasteiger partial charge < -0.3 is 10.6 Å². The van der Waals surface area contributed by atoms with Gasteiger partial charge in [-0.05, 0) is 37.0 Å². The van der Waals surface area contributed by atoms with E-state index in [4.69, 9.17) is 5.73 Å². The molecule has 0 spiro atoms. The minimum Gasteiger partial charge on any atom is -0.398 e. The van der Waals surface area contributed by atoms with Crippen molar-refractivity contribution in [2.24, 2.45) is 5.92 Å². The Morgan fingerprint density at radius 1 is 1.24 bits per heavy atom. The number of nitrogen functional groups attached to an aromatic ring is 1. The number of alkyl halides is 3. The van der Waals surface area contributed by atoms with Crippen molar-refractivity contribution < 1.29 is 18.0 Å². The number of carbonyl (C=O) groups is 1. The molecule has 0 unspecified atom stereocenters. The summed E-state index contributed by atoms with van der Waals surface area (Å²) in [7, 11) is 0. The number of benzene rings is 1. The number of halogens is 3. The number of anilines is 1. The van der Waals surface area contributed by atoms with Crippen LogP contribution in [0.1, 0.15) is 35.3 Å². The zero-order valence-electron chi connectivity index (χ0n) is 12.7. The Morgan fingerprint density at radius 3 is 2.29 bits per heavy atom. The molecule has 0 fully saturated rings. The molecule has 1 amide bonds. The van der Waals surface area contributed by atoms with Crippen LogP contribution in [0, 0.1) is 19.8 Å². The lowest BCUT2D eigenvalue weighted by atomic mass is 10.0. The van der Waals surface area contributed by atoms with E-state index in [2.05, 4.69) is 0 Å². The van der Waals surface area contributed by atoms with Crippen LogP contribution in [-0.4, -0.2) is 30.1 Å². The normalized spacial score (nSPS) is 11.8. The third kappa shape index (κ3) is 4.95. The SMILES string of the molecule is Cc1cc(C)c(C(=O)N(CC(C)C)CC(F)(F)F)cc1N. The number of nitrogens with zero attached hydrogens (tertiary/aromatic N) is 1. The Labute approximate surface area is 122 Å². The second-order valence-electron chi connectivity index (χ2n) is 5.72. The molecule has 3 nitrogen and oxygen atoms in total. The van der Waals surface area contributed by atoms with Crippen LogP contribution < -0.4 is 5.73 Å². The second kappa shape index (κ2) is 6.37. The number of hydrogen-bond donors (Lipinski definition) is 1. The van der Waals surface area contributed by atoms with Gasteiger partial charge in [-0.15, -0.1) is 0 Å². The third-order valence-corrected chi connectivity index (χ3v) is 3.09. The van der Waals surface area contributed by atoms with E-state index in [1.54, 1.807) is 33.8 Å². The Bertz CT molecular complexity index is 524. The van der Waals surface area contributed by atoms with Gasteiger partial charge in [0, 0.05) is 17.8 Å². The van der Waals surface area contributed by atoms with E-state index in [0.29, 0.717) is 11.3 Å². The maximum absolute atomic E-state index is 12.7. The lowest BCUT2D eigenvalue weighted by Crippen LogP contribution is -2.41. The van der Waals surface area contributed by atoms with Crippen molar-refractivity contribution in [3.05, 3.63) is 28.8 Å². The average molecular weight is 302 g/mol. The minimum atomic E-state index is -4.42. The van der Waals surface area contributed by atoms with Crippen molar-refractivity contribution in [3.63, 3.8) is 0 Å². The monoisotopic (exact) mass is 302 g/mol. The van der Waals surface area contributed by atoms with Gasteiger partial charge in [0.15, 0.2) is 0 Å². The van der Waals surface area contributed by atoms with Crippen LogP contribution in [0.25, 0.3) is 0 Å². The molecular weight excluding hydrogens is 281 g/mol. The van der Waals surface area contributed by atoms with Gasteiger partial charge in [0.2, 0.25) is 0 Å². The van der Waals surface area contributed by atoms with Gasteiger partial charge in [-0.2, -0.15) is 13.2 Å². The van der Waals surface area contributed by atoms with E-state index >= 15 is 0 Å².